The number of ether oxygens (including phenoxy) is 1. The Labute approximate surface area is 176 Å². The predicted molar refractivity (Wildman–Crippen MR) is 119 cm³/mol. The van der Waals surface area contributed by atoms with Crippen LogP contribution in [0.2, 0.25) is 0 Å². The molecule has 0 spiro atoms. The van der Waals surface area contributed by atoms with Gasteiger partial charge in [-0.25, -0.2) is 4.98 Å². The van der Waals surface area contributed by atoms with E-state index in [1.807, 2.05) is 6.20 Å². The minimum Gasteiger partial charge on any atom is -0.496 e. The van der Waals surface area contributed by atoms with Crippen LogP contribution < -0.4 is 9.64 Å². The van der Waals surface area contributed by atoms with Crippen LogP contribution in [0.25, 0.3) is 16.9 Å². The summed E-state index contributed by atoms with van der Waals surface area (Å²) in [5.74, 6) is 3.76. The Hall–Kier alpha value is -2.21. The van der Waals surface area contributed by atoms with Crippen molar-refractivity contribution in [3.8, 4) is 17.0 Å². The van der Waals surface area contributed by atoms with Crippen molar-refractivity contribution in [2.45, 2.75) is 37.6 Å². The molecule has 6 heteroatoms. The molecule has 0 unspecified atom stereocenters. The molecule has 3 aromatic rings. The number of aromatic nitrogens is 3. The SMILES string of the molecule is COc1cc(C)ccc1-c1nccn2c(N(CC3CC3)CC3CC3)c(SC)nc12. The van der Waals surface area contributed by atoms with Gasteiger partial charge in [0.05, 0.1) is 7.11 Å². The first-order chi connectivity index (χ1) is 14.2. The van der Waals surface area contributed by atoms with Gasteiger partial charge in [0.25, 0.3) is 0 Å². The third-order valence-electron chi connectivity index (χ3n) is 5.94. The van der Waals surface area contributed by atoms with Crippen LogP contribution in [-0.4, -0.2) is 40.8 Å². The summed E-state index contributed by atoms with van der Waals surface area (Å²) in [6.45, 7) is 4.36. The molecule has 1 aromatic carbocycles. The van der Waals surface area contributed by atoms with Crippen molar-refractivity contribution >= 4 is 23.2 Å². The maximum atomic E-state index is 5.67. The van der Waals surface area contributed by atoms with Crippen molar-refractivity contribution in [3.05, 3.63) is 36.2 Å². The van der Waals surface area contributed by atoms with Gasteiger partial charge in [0.15, 0.2) is 5.65 Å². The van der Waals surface area contributed by atoms with Gasteiger partial charge in [-0.15, -0.1) is 11.8 Å². The molecule has 29 heavy (non-hydrogen) atoms. The lowest BCUT2D eigenvalue weighted by Crippen LogP contribution is -2.29. The summed E-state index contributed by atoms with van der Waals surface area (Å²) >= 11 is 1.73. The van der Waals surface area contributed by atoms with Crippen LogP contribution in [0.1, 0.15) is 31.2 Å². The van der Waals surface area contributed by atoms with Crippen LogP contribution >= 0.6 is 11.8 Å². The highest BCUT2D eigenvalue weighted by atomic mass is 32.2. The Balaban J connectivity index is 1.65. The summed E-state index contributed by atoms with van der Waals surface area (Å²) in [4.78, 5) is 12.4. The number of aryl methyl sites for hydroxylation is 1. The number of nitrogens with zero attached hydrogens (tertiary/aromatic N) is 4. The number of fused-ring (bicyclic) bond motifs is 1. The highest BCUT2D eigenvalue weighted by Crippen LogP contribution is 2.40. The van der Waals surface area contributed by atoms with E-state index in [-0.39, 0.29) is 0 Å². The topological polar surface area (TPSA) is 42.7 Å². The first kappa shape index (κ1) is 18.8. The fraction of sp³-hybridized carbons (Fsp3) is 0.478. The molecule has 0 amide bonds. The molecule has 2 saturated carbocycles. The van der Waals surface area contributed by atoms with Crippen molar-refractivity contribution in [3.63, 3.8) is 0 Å². The van der Waals surface area contributed by atoms with Gasteiger partial charge in [-0.05, 0) is 68.4 Å². The molecule has 2 fully saturated rings. The van der Waals surface area contributed by atoms with E-state index in [1.54, 1.807) is 18.9 Å². The lowest BCUT2D eigenvalue weighted by molar-refractivity contribution is 0.416. The minimum atomic E-state index is 0.840. The maximum absolute atomic E-state index is 5.67. The van der Waals surface area contributed by atoms with E-state index < -0.39 is 0 Å². The third-order valence-corrected chi connectivity index (χ3v) is 6.60. The Bertz CT molecular complexity index is 1020. The molecule has 5 nitrogen and oxygen atoms in total. The number of anilines is 1. The summed E-state index contributed by atoms with van der Waals surface area (Å²) in [6.07, 6.45) is 11.5. The van der Waals surface area contributed by atoms with E-state index in [0.29, 0.717) is 0 Å². The Morgan fingerprint density at radius 2 is 1.90 bits per heavy atom. The second kappa shape index (κ2) is 7.56. The molecule has 0 saturated heterocycles. The smallest absolute Gasteiger partial charge is 0.166 e. The molecule has 152 valence electrons. The molecule has 2 aromatic heterocycles. The quantitative estimate of drug-likeness (QED) is 0.487. The lowest BCUT2D eigenvalue weighted by Gasteiger charge is -2.25. The highest BCUT2D eigenvalue weighted by Gasteiger charge is 2.32. The first-order valence-electron chi connectivity index (χ1n) is 10.5. The van der Waals surface area contributed by atoms with Gasteiger partial charge in [-0.2, -0.15) is 0 Å². The van der Waals surface area contributed by atoms with Crippen LogP contribution in [0, 0.1) is 18.8 Å². The molecule has 2 aliphatic rings. The average Bonchev–Trinajstić information content (AvgIpc) is 3.66. The fourth-order valence-electron chi connectivity index (χ4n) is 4.02. The molecule has 0 bridgehead atoms. The summed E-state index contributed by atoms with van der Waals surface area (Å²) in [6, 6.07) is 6.26. The number of rotatable bonds is 8. The molecule has 5 rings (SSSR count). The van der Waals surface area contributed by atoms with Gasteiger partial charge in [0.2, 0.25) is 0 Å². The number of hydrogen-bond donors (Lipinski definition) is 0. The average molecular weight is 409 g/mol. The third kappa shape index (κ3) is 3.70. The fourth-order valence-corrected chi connectivity index (χ4v) is 4.61. The Morgan fingerprint density at radius 1 is 1.17 bits per heavy atom. The molecule has 0 aliphatic heterocycles. The van der Waals surface area contributed by atoms with Crippen molar-refractivity contribution in [1.29, 1.82) is 0 Å². The van der Waals surface area contributed by atoms with E-state index in [4.69, 9.17) is 14.7 Å². The highest BCUT2D eigenvalue weighted by molar-refractivity contribution is 7.98. The Kier molecular flexibility index (Phi) is 4.90. The summed E-state index contributed by atoms with van der Waals surface area (Å²) in [5, 5.41) is 1.09. The van der Waals surface area contributed by atoms with Crippen LogP contribution in [0.15, 0.2) is 35.6 Å². The summed E-state index contributed by atoms with van der Waals surface area (Å²) in [5.41, 5.74) is 3.95. The van der Waals surface area contributed by atoms with Gasteiger partial charge in [-0.1, -0.05) is 6.07 Å². The normalized spacial score (nSPS) is 16.4. The van der Waals surface area contributed by atoms with E-state index in [9.17, 15) is 0 Å². The number of benzene rings is 1. The zero-order valence-electron chi connectivity index (χ0n) is 17.4. The summed E-state index contributed by atoms with van der Waals surface area (Å²) in [7, 11) is 1.72. The second-order valence-electron chi connectivity index (χ2n) is 8.41. The van der Waals surface area contributed by atoms with E-state index in [0.717, 1.165) is 52.6 Å². The summed E-state index contributed by atoms with van der Waals surface area (Å²) < 4.78 is 7.92. The standard InChI is InChI=1S/C23H28N4OS/c1-15-4-9-18(19(12-15)28-2)20-21-25-22(29-3)23(27(21)11-10-24-20)26(13-16-5-6-16)14-17-7-8-17/h4,9-12,16-17H,5-8,13-14H2,1-3H3. The van der Waals surface area contributed by atoms with E-state index in [1.165, 1.54) is 37.1 Å². The van der Waals surface area contributed by atoms with Crippen LogP contribution in [0.3, 0.4) is 0 Å². The van der Waals surface area contributed by atoms with Crippen molar-refractivity contribution in [2.75, 3.05) is 31.4 Å². The zero-order chi connectivity index (χ0) is 20.0. The molecule has 2 heterocycles. The second-order valence-corrected chi connectivity index (χ2v) is 9.20. The van der Waals surface area contributed by atoms with Gasteiger partial charge in [0.1, 0.15) is 22.3 Å². The number of imidazole rings is 1. The van der Waals surface area contributed by atoms with Crippen LogP contribution in [0.4, 0.5) is 5.82 Å². The van der Waals surface area contributed by atoms with Gasteiger partial charge in [-0.3, -0.25) is 9.38 Å². The van der Waals surface area contributed by atoms with Crippen molar-refractivity contribution < 1.29 is 4.74 Å². The minimum absolute atomic E-state index is 0.840. The van der Waals surface area contributed by atoms with Gasteiger partial charge < -0.3 is 9.64 Å². The molecule has 2 aliphatic carbocycles. The molecule has 0 atom stereocenters. The van der Waals surface area contributed by atoms with E-state index >= 15 is 0 Å². The van der Waals surface area contributed by atoms with E-state index in [2.05, 4.69) is 46.9 Å². The predicted octanol–water partition coefficient (Wildman–Crippen LogP) is 5.06. The monoisotopic (exact) mass is 408 g/mol. The number of hydrogen-bond acceptors (Lipinski definition) is 5. The maximum Gasteiger partial charge on any atom is 0.166 e. The number of methoxy groups -OCH3 is 1. The van der Waals surface area contributed by atoms with Gasteiger partial charge in [0, 0.05) is 31.0 Å². The molecule has 0 N–H and O–H groups in total. The molecule has 0 radical (unpaired) electrons. The van der Waals surface area contributed by atoms with Gasteiger partial charge >= 0.3 is 0 Å². The van der Waals surface area contributed by atoms with Crippen molar-refractivity contribution in [2.24, 2.45) is 11.8 Å². The van der Waals surface area contributed by atoms with Crippen molar-refractivity contribution in [1.82, 2.24) is 14.4 Å². The lowest BCUT2D eigenvalue weighted by atomic mass is 10.1. The largest absolute Gasteiger partial charge is 0.496 e. The molecular formula is C23H28N4OS. The zero-order valence-corrected chi connectivity index (χ0v) is 18.2. The first-order valence-corrected chi connectivity index (χ1v) is 11.7. The number of thioether (sulfide) groups is 1. The van der Waals surface area contributed by atoms with Crippen LogP contribution in [-0.2, 0) is 0 Å². The molecular weight excluding hydrogens is 380 g/mol. The Morgan fingerprint density at radius 3 is 2.52 bits per heavy atom. The van der Waals surface area contributed by atoms with Crippen LogP contribution in [0.5, 0.6) is 5.75 Å².